The van der Waals surface area contributed by atoms with E-state index in [0.717, 1.165) is 46.5 Å². The predicted molar refractivity (Wildman–Crippen MR) is 75.3 cm³/mol. The third kappa shape index (κ3) is 1.52. The summed E-state index contributed by atoms with van der Waals surface area (Å²) in [7, 11) is 0. The molecule has 0 aliphatic heterocycles. The minimum Gasteiger partial charge on any atom is -0.458 e. The second kappa shape index (κ2) is 3.79. The second-order valence-electron chi connectivity index (χ2n) is 5.27. The van der Waals surface area contributed by atoms with Crippen LogP contribution in [0.15, 0.2) is 22.1 Å². The molecule has 3 aromatic heterocycles. The van der Waals surface area contributed by atoms with Crippen LogP contribution < -0.4 is 0 Å². The maximum absolute atomic E-state index is 5.71. The highest BCUT2D eigenvalue weighted by molar-refractivity contribution is 5.75. The zero-order valence-electron chi connectivity index (χ0n) is 11.6. The first-order chi connectivity index (χ1) is 9.61. The first kappa shape index (κ1) is 11.4. The van der Waals surface area contributed by atoms with Crippen molar-refractivity contribution in [1.82, 2.24) is 19.6 Å². The summed E-state index contributed by atoms with van der Waals surface area (Å²) in [6.45, 7) is 5.92. The van der Waals surface area contributed by atoms with Crippen LogP contribution in [0.4, 0.5) is 0 Å². The molecule has 3 heterocycles. The predicted octanol–water partition coefficient (Wildman–Crippen LogP) is 2.96. The second-order valence-corrected chi connectivity index (χ2v) is 5.27. The van der Waals surface area contributed by atoms with Crippen LogP contribution in [0.3, 0.4) is 0 Å². The smallest absolute Gasteiger partial charge is 0.199 e. The third-order valence-electron chi connectivity index (χ3n) is 3.50. The van der Waals surface area contributed by atoms with Gasteiger partial charge in [-0.2, -0.15) is 4.52 Å². The van der Waals surface area contributed by atoms with Crippen LogP contribution in [-0.2, 0) is 6.42 Å². The van der Waals surface area contributed by atoms with Crippen LogP contribution in [0.25, 0.3) is 23.3 Å². The number of nitrogens with zero attached hydrogens (tertiary/aromatic N) is 4. The van der Waals surface area contributed by atoms with Gasteiger partial charge in [0.15, 0.2) is 17.2 Å². The minimum absolute atomic E-state index is 0.718. The fourth-order valence-electron chi connectivity index (χ4n) is 2.66. The highest BCUT2D eigenvalue weighted by Gasteiger charge is 2.22. The quantitative estimate of drug-likeness (QED) is 0.679. The molecule has 0 fully saturated rings. The molecule has 0 bridgehead atoms. The lowest BCUT2D eigenvalue weighted by Gasteiger charge is -2.05. The minimum atomic E-state index is 0.718. The molecule has 5 nitrogen and oxygen atoms in total. The fraction of sp³-hybridized carbons (Fsp3) is 0.267. The maximum Gasteiger partial charge on any atom is 0.199 e. The molecule has 0 aromatic carbocycles. The molecular weight excluding hydrogens is 252 g/mol. The number of furan rings is 1. The lowest BCUT2D eigenvalue weighted by atomic mass is 10.2. The van der Waals surface area contributed by atoms with Gasteiger partial charge in [-0.1, -0.05) is 11.6 Å². The lowest BCUT2D eigenvalue weighted by Crippen LogP contribution is -2.02. The van der Waals surface area contributed by atoms with E-state index in [1.165, 1.54) is 5.57 Å². The largest absolute Gasteiger partial charge is 0.458 e. The van der Waals surface area contributed by atoms with E-state index in [4.69, 9.17) is 9.40 Å². The first-order valence-corrected chi connectivity index (χ1v) is 6.62. The Bertz CT molecular complexity index is 870. The number of aryl methyl sites for hydroxylation is 2. The summed E-state index contributed by atoms with van der Waals surface area (Å²) in [4.78, 5) is 9.28. The Kier molecular flexibility index (Phi) is 2.16. The van der Waals surface area contributed by atoms with Crippen molar-refractivity contribution >= 4 is 11.7 Å². The summed E-state index contributed by atoms with van der Waals surface area (Å²) in [5.74, 6) is 3.05. The van der Waals surface area contributed by atoms with Gasteiger partial charge in [0.2, 0.25) is 0 Å². The van der Waals surface area contributed by atoms with Gasteiger partial charge in [0, 0.05) is 12.0 Å². The number of allylic oxidation sites excluding steroid dienone is 1. The zero-order chi connectivity index (χ0) is 13.9. The van der Waals surface area contributed by atoms with E-state index in [9.17, 15) is 0 Å². The standard InChI is InChI=1S/C15H14N4O/c1-8-6-11-12(7-8)17-15(13-5-4-9(2)20-13)19-14(11)16-10(3)18-19/h4-6H,7H2,1-3H3. The molecule has 0 amide bonds. The van der Waals surface area contributed by atoms with E-state index >= 15 is 0 Å². The Morgan fingerprint density at radius 3 is 2.75 bits per heavy atom. The molecule has 0 saturated heterocycles. The van der Waals surface area contributed by atoms with Gasteiger partial charge < -0.3 is 4.42 Å². The van der Waals surface area contributed by atoms with Gasteiger partial charge in [0.25, 0.3) is 0 Å². The molecule has 1 aliphatic carbocycles. The molecule has 0 saturated carbocycles. The number of rotatable bonds is 1. The monoisotopic (exact) mass is 266 g/mol. The van der Waals surface area contributed by atoms with Gasteiger partial charge in [-0.3, -0.25) is 0 Å². The summed E-state index contributed by atoms with van der Waals surface area (Å²) in [5.41, 5.74) is 4.28. The van der Waals surface area contributed by atoms with Gasteiger partial charge in [-0.15, -0.1) is 5.10 Å². The Hall–Kier alpha value is -2.43. The van der Waals surface area contributed by atoms with Crippen LogP contribution in [0.1, 0.15) is 29.8 Å². The average molecular weight is 266 g/mol. The topological polar surface area (TPSA) is 56.2 Å². The average Bonchev–Trinajstić information content (AvgIpc) is 3.05. The van der Waals surface area contributed by atoms with Crippen molar-refractivity contribution in [2.45, 2.75) is 27.2 Å². The zero-order valence-corrected chi connectivity index (χ0v) is 11.6. The molecule has 1 aliphatic rings. The number of hydrogen-bond acceptors (Lipinski definition) is 4. The van der Waals surface area contributed by atoms with Gasteiger partial charge in [0.1, 0.15) is 11.6 Å². The van der Waals surface area contributed by atoms with E-state index in [0.29, 0.717) is 0 Å². The summed E-state index contributed by atoms with van der Waals surface area (Å²) < 4.78 is 7.48. The molecule has 0 radical (unpaired) electrons. The molecule has 0 unspecified atom stereocenters. The molecule has 5 heteroatoms. The van der Waals surface area contributed by atoms with E-state index < -0.39 is 0 Å². The summed E-state index contributed by atoms with van der Waals surface area (Å²) >= 11 is 0. The highest BCUT2D eigenvalue weighted by Crippen LogP contribution is 2.30. The maximum atomic E-state index is 5.71. The van der Waals surface area contributed by atoms with Crippen molar-refractivity contribution in [3.05, 3.63) is 40.5 Å². The van der Waals surface area contributed by atoms with E-state index in [1.807, 2.05) is 26.0 Å². The number of aromatic nitrogens is 4. The summed E-state index contributed by atoms with van der Waals surface area (Å²) in [6, 6.07) is 3.86. The molecular formula is C15H14N4O. The summed E-state index contributed by atoms with van der Waals surface area (Å²) in [5, 5.41) is 4.46. The van der Waals surface area contributed by atoms with Crippen LogP contribution in [0, 0.1) is 13.8 Å². The number of fused-ring (bicyclic) bond motifs is 3. The Morgan fingerprint density at radius 2 is 2.00 bits per heavy atom. The van der Waals surface area contributed by atoms with E-state index in [1.54, 1.807) is 4.52 Å². The van der Waals surface area contributed by atoms with E-state index in [-0.39, 0.29) is 0 Å². The van der Waals surface area contributed by atoms with Crippen LogP contribution in [0.5, 0.6) is 0 Å². The molecule has 4 rings (SSSR count). The van der Waals surface area contributed by atoms with Crippen molar-refractivity contribution in [1.29, 1.82) is 0 Å². The molecule has 3 aromatic rings. The van der Waals surface area contributed by atoms with Crippen molar-refractivity contribution in [2.75, 3.05) is 0 Å². The Balaban J connectivity index is 2.07. The van der Waals surface area contributed by atoms with Crippen LogP contribution in [-0.4, -0.2) is 19.6 Å². The number of hydrogen-bond donors (Lipinski definition) is 0. The third-order valence-corrected chi connectivity index (χ3v) is 3.50. The molecule has 0 atom stereocenters. The van der Waals surface area contributed by atoms with Gasteiger partial charge in [-0.05, 0) is 32.9 Å². The summed E-state index contributed by atoms with van der Waals surface area (Å²) in [6.07, 6.45) is 3.01. The lowest BCUT2D eigenvalue weighted by molar-refractivity contribution is 0.541. The molecule has 0 spiro atoms. The van der Waals surface area contributed by atoms with Gasteiger partial charge in [0.05, 0.1) is 5.69 Å². The molecule has 20 heavy (non-hydrogen) atoms. The highest BCUT2D eigenvalue weighted by atomic mass is 16.3. The first-order valence-electron chi connectivity index (χ1n) is 6.62. The normalized spacial score (nSPS) is 13.8. The van der Waals surface area contributed by atoms with E-state index in [2.05, 4.69) is 23.1 Å². The van der Waals surface area contributed by atoms with Crippen LogP contribution >= 0.6 is 0 Å². The molecule has 0 N–H and O–H groups in total. The fourth-order valence-corrected chi connectivity index (χ4v) is 2.66. The van der Waals surface area contributed by atoms with Crippen LogP contribution in [0.2, 0.25) is 0 Å². The Labute approximate surface area is 116 Å². The van der Waals surface area contributed by atoms with Crippen molar-refractivity contribution in [3.63, 3.8) is 0 Å². The van der Waals surface area contributed by atoms with Gasteiger partial charge >= 0.3 is 0 Å². The van der Waals surface area contributed by atoms with Crippen molar-refractivity contribution in [3.8, 4) is 11.6 Å². The SMILES string of the molecule is CC1=Cc2c(nc(-c3ccc(C)o3)n3nc(C)nc23)C1. The molecule has 100 valence electrons. The van der Waals surface area contributed by atoms with Crippen molar-refractivity contribution < 1.29 is 4.42 Å². The van der Waals surface area contributed by atoms with Gasteiger partial charge in [-0.25, -0.2) is 9.97 Å². The van der Waals surface area contributed by atoms with Crippen molar-refractivity contribution in [2.24, 2.45) is 0 Å². The Morgan fingerprint density at radius 1 is 1.15 bits per heavy atom.